The van der Waals surface area contributed by atoms with E-state index in [-0.39, 0.29) is 11.7 Å². The summed E-state index contributed by atoms with van der Waals surface area (Å²) in [7, 11) is 0. The van der Waals surface area contributed by atoms with Gasteiger partial charge in [-0.15, -0.1) is 0 Å². The molecule has 8 heteroatoms. The van der Waals surface area contributed by atoms with Crippen molar-refractivity contribution < 1.29 is 4.92 Å². The lowest BCUT2D eigenvalue weighted by atomic mass is 10.0. The van der Waals surface area contributed by atoms with Gasteiger partial charge < -0.3 is 10.6 Å². The number of nitrogens with zero attached hydrogens (tertiary/aromatic N) is 4. The molecule has 0 unspecified atom stereocenters. The van der Waals surface area contributed by atoms with Gasteiger partial charge in [0.25, 0.3) is 0 Å². The van der Waals surface area contributed by atoms with Crippen LogP contribution in [-0.4, -0.2) is 45.0 Å². The molecule has 0 radical (unpaired) electrons. The fourth-order valence-corrected chi connectivity index (χ4v) is 3.55. The Balaban J connectivity index is 1.34. The molecule has 2 heterocycles. The van der Waals surface area contributed by atoms with Crippen molar-refractivity contribution in [3.63, 3.8) is 0 Å². The molecule has 1 saturated carbocycles. The van der Waals surface area contributed by atoms with Crippen LogP contribution in [0.4, 0.5) is 17.5 Å². The number of hydrogen-bond acceptors (Lipinski definition) is 7. The summed E-state index contributed by atoms with van der Waals surface area (Å²) in [4.78, 5) is 21.8. The van der Waals surface area contributed by atoms with E-state index in [2.05, 4.69) is 56.7 Å². The van der Waals surface area contributed by atoms with E-state index in [1.54, 1.807) is 0 Å². The van der Waals surface area contributed by atoms with Crippen LogP contribution in [0.2, 0.25) is 0 Å². The Bertz CT molecular complexity index is 846. The van der Waals surface area contributed by atoms with Crippen LogP contribution in [0.25, 0.3) is 0 Å². The van der Waals surface area contributed by atoms with Crippen LogP contribution >= 0.6 is 0 Å². The van der Waals surface area contributed by atoms with Crippen LogP contribution in [-0.2, 0) is 6.54 Å². The number of rotatable bonds is 7. The molecule has 0 spiro atoms. The SMILES string of the molecule is Cc1ccccc1CN1CCC(Nc2ncc([N+](=O)[O-])c(NC3CC3)n2)CC1. The van der Waals surface area contributed by atoms with Gasteiger partial charge >= 0.3 is 5.69 Å². The minimum absolute atomic E-state index is 0.0644. The maximum absolute atomic E-state index is 11.2. The zero-order valence-corrected chi connectivity index (χ0v) is 16.1. The highest BCUT2D eigenvalue weighted by Gasteiger charge is 2.27. The monoisotopic (exact) mass is 382 g/mol. The highest BCUT2D eigenvalue weighted by atomic mass is 16.6. The second-order valence-electron chi connectivity index (χ2n) is 7.72. The quantitative estimate of drug-likeness (QED) is 0.560. The van der Waals surface area contributed by atoms with Crippen LogP contribution in [0.5, 0.6) is 0 Å². The molecule has 1 aromatic heterocycles. The summed E-state index contributed by atoms with van der Waals surface area (Å²) in [6, 6.07) is 9.10. The molecule has 148 valence electrons. The van der Waals surface area contributed by atoms with E-state index in [0.29, 0.717) is 17.8 Å². The van der Waals surface area contributed by atoms with E-state index in [9.17, 15) is 10.1 Å². The van der Waals surface area contributed by atoms with Gasteiger partial charge in [0.15, 0.2) is 0 Å². The van der Waals surface area contributed by atoms with Gasteiger partial charge in [-0.2, -0.15) is 4.98 Å². The lowest BCUT2D eigenvalue weighted by molar-refractivity contribution is -0.384. The van der Waals surface area contributed by atoms with Crippen LogP contribution in [0.15, 0.2) is 30.5 Å². The van der Waals surface area contributed by atoms with Crippen molar-refractivity contribution in [3.8, 4) is 0 Å². The van der Waals surface area contributed by atoms with Crippen molar-refractivity contribution in [2.24, 2.45) is 0 Å². The first-order valence-electron chi connectivity index (χ1n) is 9.90. The summed E-state index contributed by atoms with van der Waals surface area (Å²) in [6.07, 6.45) is 5.36. The molecule has 2 aliphatic rings. The van der Waals surface area contributed by atoms with E-state index < -0.39 is 4.92 Å². The molecule has 1 aliphatic heterocycles. The lowest BCUT2D eigenvalue weighted by Crippen LogP contribution is -2.39. The van der Waals surface area contributed by atoms with Crippen LogP contribution in [0.3, 0.4) is 0 Å². The minimum Gasteiger partial charge on any atom is -0.361 e. The third-order valence-electron chi connectivity index (χ3n) is 5.46. The second kappa shape index (κ2) is 8.10. The van der Waals surface area contributed by atoms with Gasteiger partial charge in [0.2, 0.25) is 11.8 Å². The second-order valence-corrected chi connectivity index (χ2v) is 7.72. The molecule has 1 saturated heterocycles. The summed E-state index contributed by atoms with van der Waals surface area (Å²) in [5.41, 5.74) is 2.65. The van der Waals surface area contributed by atoms with Gasteiger partial charge in [-0.1, -0.05) is 24.3 Å². The van der Waals surface area contributed by atoms with Crippen LogP contribution < -0.4 is 10.6 Å². The molecule has 8 nitrogen and oxygen atoms in total. The van der Waals surface area contributed by atoms with Gasteiger partial charge in [-0.25, -0.2) is 4.98 Å². The van der Waals surface area contributed by atoms with Crippen molar-refractivity contribution >= 4 is 17.5 Å². The van der Waals surface area contributed by atoms with Gasteiger partial charge in [-0.05, 0) is 43.7 Å². The molecule has 28 heavy (non-hydrogen) atoms. The van der Waals surface area contributed by atoms with Crippen LogP contribution in [0.1, 0.15) is 36.8 Å². The molecule has 2 aromatic rings. The fourth-order valence-electron chi connectivity index (χ4n) is 3.55. The van der Waals surface area contributed by atoms with E-state index in [4.69, 9.17) is 0 Å². The lowest BCUT2D eigenvalue weighted by Gasteiger charge is -2.32. The molecule has 1 aromatic carbocycles. The summed E-state index contributed by atoms with van der Waals surface area (Å²) < 4.78 is 0. The Hall–Kier alpha value is -2.74. The summed E-state index contributed by atoms with van der Waals surface area (Å²) >= 11 is 0. The summed E-state index contributed by atoms with van der Waals surface area (Å²) in [6.45, 7) is 5.14. The largest absolute Gasteiger partial charge is 0.361 e. The van der Waals surface area contributed by atoms with E-state index in [1.807, 2.05) is 0 Å². The van der Waals surface area contributed by atoms with Gasteiger partial charge in [0.05, 0.1) is 4.92 Å². The number of nitro groups is 1. The Morgan fingerprint density at radius 2 is 1.86 bits per heavy atom. The van der Waals surface area contributed by atoms with Gasteiger partial charge in [0, 0.05) is 31.7 Å². The van der Waals surface area contributed by atoms with Gasteiger partial charge in [0.1, 0.15) is 6.20 Å². The smallest absolute Gasteiger partial charge is 0.329 e. The highest BCUT2D eigenvalue weighted by molar-refractivity contribution is 5.58. The number of piperidine rings is 1. The third-order valence-corrected chi connectivity index (χ3v) is 5.46. The maximum atomic E-state index is 11.2. The first kappa shape index (κ1) is 18.6. The Labute approximate surface area is 164 Å². The number of likely N-dealkylation sites (tertiary alicyclic amines) is 1. The topological polar surface area (TPSA) is 96.2 Å². The molecule has 0 bridgehead atoms. The third kappa shape index (κ3) is 4.56. The Kier molecular flexibility index (Phi) is 5.38. The fraction of sp³-hybridized carbons (Fsp3) is 0.500. The number of aromatic nitrogens is 2. The molecular formula is C20H26N6O2. The first-order chi connectivity index (χ1) is 13.6. The number of benzene rings is 1. The molecule has 2 N–H and O–H groups in total. The van der Waals surface area contributed by atoms with E-state index in [0.717, 1.165) is 45.3 Å². The first-order valence-corrected chi connectivity index (χ1v) is 9.90. The number of nitrogens with one attached hydrogen (secondary N) is 2. The highest BCUT2D eigenvalue weighted by Crippen LogP contribution is 2.29. The minimum atomic E-state index is -0.432. The zero-order valence-electron chi connectivity index (χ0n) is 16.1. The molecule has 1 aliphatic carbocycles. The molecule has 4 rings (SSSR count). The van der Waals surface area contributed by atoms with Crippen molar-refractivity contribution in [1.29, 1.82) is 0 Å². The van der Waals surface area contributed by atoms with E-state index in [1.165, 1.54) is 17.3 Å². The average molecular weight is 382 g/mol. The van der Waals surface area contributed by atoms with Crippen molar-refractivity contribution in [2.75, 3.05) is 23.7 Å². The molecule has 0 atom stereocenters. The summed E-state index contributed by atoms with van der Waals surface area (Å²) in [5.74, 6) is 0.785. The number of aryl methyl sites for hydroxylation is 1. The van der Waals surface area contributed by atoms with Gasteiger partial charge in [-0.3, -0.25) is 15.0 Å². The predicted octanol–water partition coefficient (Wildman–Crippen LogP) is 3.34. The molecule has 0 amide bonds. The molecular weight excluding hydrogens is 356 g/mol. The summed E-state index contributed by atoms with van der Waals surface area (Å²) in [5, 5.41) is 17.7. The number of hydrogen-bond donors (Lipinski definition) is 2. The Morgan fingerprint density at radius 3 is 2.54 bits per heavy atom. The average Bonchev–Trinajstić information content (AvgIpc) is 3.49. The predicted molar refractivity (Wildman–Crippen MR) is 108 cm³/mol. The van der Waals surface area contributed by atoms with Crippen LogP contribution in [0, 0.1) is 17.0 Å². The molecule has 2 fully saturated rings. The Morgan fingerprint density at radius 1 is 1.14 bits per heavy atom. The van der Waals surface area contributed by atoms with Crippen molar-refractivity contribution in [1.82, 2.24) is 14.9 Å². The standard InChI is InChI=1S/C20H26N6O2/c1-14-4-2-3-5-15(14)13-25-10-8-17(9-11-25)23-20-21-12-18(26(27)28)19(24-20)22-16-6-7-16/h2-5,12,16-17H,6-11,13H2,1H3,(H2,21,22,23,24). The van der Waals surface area contributed by atoms with E-state index >= 15 is 0 Å². The van der Waals surface area contributed by atoms with Crippen molar-refractivity contribution in [3.05, 3.63) is 51.7 Å². The van der Waals surface area contributed by atoms with Crippen molar-refractivity contribution in [2.45, 2.75) is 51.2 Å². The zero-order chi connectivity index (χ0) is 19.5. The normalized spacial score (nSPS) is 18.0. The maximum Gasteiger partial charge on any atom is 0.329 e. The number of anilines is 2.